The van der Waals surface area contributed by atoms with E-state index in [2.05, 4.69) is 10.0 Å². The lowest BCUT2D eigenvalue weighted by molar-refractivity contribution is -0.385. The molecule has 0 heterocycles. The smallest absolute Gasteiger partial charge is 0.272 e. The number of hydrogen-bond donors (Lipinski definition) is 2. The van der Waals surface area contributed by atoms with Crippen molar-refractivity contribution < 1.29 is 22.5 Å². The van der Waals surface area contributed by atoms with E-state index in [-0.39, 0.29) is 17.0 Å². The third-order valence-corrected chi connectivity index (χ3v) is 5.29. The highest BCUT2D eigenvalue weighted by Gasteiger charge is 2.25. The zero-order valence-corrected chi connectivity index (χ0v) is 15.4. The van der Waals surface area contributed by atoms with E-state index in [0.29, 0.717) is 11.3 Å². The quantitative estimate of drug-likeness (QED) is 0.552. The highest BCUT2D eigenvalue weighted by atomic mass is 32.2. The van der Waals surface area contributed by atoms with E-state index in [0.717, 1.165) is 24.3 Å². The van der Waals surface area contributed by atoms with Gasteiger partial charge in [0.15, 0.2) is 0 Å². The first-order valence-corrected chi connectivity index (χ1v) is 9.46. The summed E-state index contributed by atoms with van der Waals surface area (Å²) in [6.45, 7) is 3.15. The van der Waals surface area contributed by atoms with E-state index >= 15 is 0 Å². The van der Waals surface area contributed by atoms with Crippen LogP contribution in [0.15, 0.2) is 47.4 Å². The van der Waals surface area contributed by atoms with Gasteiger partial charge in [0.25, 0.3) is 5.69 Å². The molecule has 1 unspecified atom stereocenters. The van der Waals surface area contributed by atoms with Crippen LogP contribution >= 0.6 is 0 Å². The van der Waals surface area contributed by atoms with Crippen molar-refractivity contribution in [3.8, 4) is 0 Å². The Morgan fingerprint density at radius 2 is 1.85 bits per heavy atom. The number of nitro benzene ring substituents is 1. The van der Waals surface area contributed by atoms with Gasteiger partial charge in [-0.3, -0.25) is 14.9 Å². The van der Waals surface area contributed by atoms with Crippen LogP contribution in [-0.4, -0.2) is 25.3 Å². The predicted molar refractivity (Wildman–Crippen MR) is 97.3 cm³/mol. The summed E-state index contributed by atoms with van der Waals surface area (Å²) in [6.07, 6.45) is 0.165. The molecular formula is C17H18FN3O5S. The van der Waals surface area contributed by atoms with Crippen LogP contribution < -0.4 is 10.0 Å². The molecule has 27 heavy (non-hydrogen) atoms. The van der Waals surface area contributed by atoms with Crippen molar-refractivity contribution in [2.24, 2.45) is 0 Å². The predicted octanol–water partition coefficient (Wildman–Crippen LogP) is 2.74. The molecule has 0 aliphatic heterocycles. The maximum atomic E-state index is 13.0. The molecule has 0 saturated heterocycles. The molecule has 0 radical (unpaired) electrons. The SMILES string of the molecule is CCC(NS(=O)(=O)c1ccc(F)cc1)C(=O)Nc1ccc([N+](=O)[O-])c(C)c1. The van der Waals surface area contributed by atoms with Crippen LogP contribution in [0.5, 0.6) is 0 Å². The van der Waals surface area contributed by atoms with Crippen molar-refractivity contribution >= 4 is 27.3 Å². The van der Waals surface area contributed by atoms with Gasteiger partial charge >= 0.3 is 0 Å². The van der Waals surface area contributed by atoms with Gasteiger partial charge in [0.05, 0.1) is 9.82 Å². The van der Waals surface area contributed by atoms with Gasteiger partial charge in [-0.15, -0.1) is 0 Å². The Labute approximate surface area is 155 Å². The molecule has 0 spiro atoms. The van der Waals surface area contributed by atoms with E-state index in [1.54, 1.807) is 6.92 Å². The molecule has 1 atom stereocenters. The number of sulfonamides is 1. The Hall–Kier alpha value is -2.85. The number of nitrogens with one attached hydrogen (secondary N) is 2. The fourth-order valence-electron chi connectivity index (χ4n) is 2.36. The molecule has 0 fully saturated rings. The summed E-state index contributed by atoms with van der Waals surface area (Å²) >= 11 is 0. The van der Waals surface area contributed by atoms with E-state index in [1.165, 1.54) is 25.1 Å². The van der Waals surface area contributed by atoms with Crippen LogP contribution in [0.4, 0.5) is 15.8 Å². The standard InChI is InChI=1S/C17H18FN3O5S/c1-3-15(20-27(25,26)14-7-4-12(18)5-8-14)17(22)19-13-6-9-16(21(23)24)11(2)10-13/h4-10,15,20H,3H2,1-2H3,(H,19,22). The van der Waals surface area contributed by atoms with Crippen molar-refractivity contribution in [2.75, 3.05) is 5.32 Å². The number of hydrogen-bond acceptors (Lipinski definition) is 5. The fourth-order valence-corrected chi connectivity index (χ4v) is 3.64. The first-order valence-electron chi connectivity index (χ1n) is 7.98. The second kappa shape index (κ2) is 8.23. The molecule has 0 aromatic heterocycles. The highest BCUT2D eigenvalue weighted by molar-refractivity contribution is 7.89. The molecule has 10 heteroatoms. The summed E-state index contributed by atoms with van der Waals surface area (Å²) in [5.74, 6) is -1.19. The topological polar surface area (TPSA) is 118 Å². The Morgan fingerprint density at radius 1 is 1.22 bits per heavy atom. The van der Waals surface area contributed by atoms with Crippen molar-refractivity contribution in [3.05, 3.63) is 64.0 Å². The summed E-state index contributed by atoms with van der Waals surface area (Å²) in [6, 6.07) is 7.19. The molecule has 0 bridgehead atoms. The minimum atomic E-state index is -4.02. The Morgan fingerprint density at radius 3 is 2.37 bits per heavy atom. The molecule has 2 N–H and O–H groups in total. The Bertz CT molecular complexity index is 961. The lowest BCUT2D eigenvalue weighted by atomic mass is 10.1. The molecule has 8 nitrogen and oxygen atoms in total. The van der Waals surface area contributed by atoms with Gasteiger partial charge < -0.3 is 5.32 Å². The number of amides is 1. The Kier molecular flexibility index (Phi) is 6.24. The zero-order valence-electron chi connectivity index (χ0n) is 14.6. The molecule has 2 aromatic carbocycles. The first kappa shape index (κ1) is 20.5. The largest absolute Gasteiger partial charge is 0.325 e. The van der Waals surface area contributed by atoms with Crippen molar-refractivity contribution in [1.29, 1.82) is 0 Å². The van der Waals surface area contributed by atoms with Crippen LogP contribution in [0, 0.1) is 22.9 Å². The number of nitro groups is 1. The average Bonchev–Trinajstić information content (AvgIpc) is 2.59. The second-order valence-electron chi connectivity index (χ2n) is 5.78. The van der Waals surface area contributed by atoms with Gasteiger partial charge in [-0.05, 0) is 49.7 Å². The first-order chi connectivity index (χ1) is 12.6. The van der Waals surface area contributed by atoms with Crippen molar-refractivity contribution in [1.82, 2.24) is 4.72 Å². The van der Waals surface area contributed by atoms with Gasteiger partial charge in [-0.25, -0.2) is 12.8 Å². The summed E-state index contributed by atoms with van der Waals surface area (Å²) < 4.78 is 39.9. The highest BCUT2D eigenvalue weighted by Crippen LogP contribution is 2.22. The molecular weight excluding hydrogens is 377 g/mol. The number of halogens is 1. The van der Waals surface area contributed by atoms with Crippen LogP contribution in [0.25, 0.3) is 0 Å². The molecule has 1 amide bonds. The number of carbonyl (C=O) groups excluding carboxylic acids is 1. The number of aryl methyl sites for hydroxylation is 1. The van der Waals surface area contributed by atoms with E-state index in [9.17, 15) is 27.7 Å². The minimum Gasteiger partial charge on any atom is -0.325 e. The lowest BCUT2D eigenvalue weighted by Crippen LogP contribution is -2.43. The van der Waals surface area contributed by atoms with E-state index in [4.69, 9.17) is 0 Å². The third-order valence-electron chi connectivity index (χ3n) is 3.81. The third kappa shape index (κ3) is 5.08. The molecule has 0 saturated carbocycles. The van der Waals surface area contributed by atoms with Gasteiger partial charge in [-0.1, -0.05) is 6.92 Å². The molecule has 0 aliphatic rings. The number of anilines is 1. The van der Waals surface area contributed by atoms with E-state index < -0.39 is 32.7 Å². The summed E-state index contributed by atoms with van der Waals surface area (Å²) in [4.78, 5) is 22.5. The minimum absolute atomic E-state index is 0.0861. The number of rotatable bonds is 7. The maximum Gasteiger partial charge on any atom is 0.272 e. The Balaban J connectivity index is 2.15. The lowest BCUT2D eigenvalue weighted by Gasteiger charge is -2.17. The van der Waals surface area contributed by atoms with Gasteiger partial charge in [0.1, 0.15) is 11.9 Å². The zero-order chi connectivity index (χ0) is 20.2. The van der Waals surface area contributed by atoms with Crippen LogP contribution in [0.2, 0.25) is 0 Å². The van der Waals surface area contributed by atoms with Crippen LogP contribution in [0.1, 0.15) is 18.9 Å². The van der Waals surface area contributed by atoms with Crippen LogP contribution in [0.3, 0.4) is 0 Å². The van der Waals surface area contributed by atoms with E-state index in [1.807, 2.05) is 0 Å². The fraction of sp³-hybridized carbons (Fsp3) is 0.235. The molecule has 144 valence electrons. The normalized spacial score (nSPS) is 12.4. The number of benzene rings is 2. The number of carbonyl (C=O) groups is 1. The van der Waals surface area contributed by atoms with Crippen molar-refractivity contribution in [3.63, 3.8) is 0 Å². The van der Waals surface area contributed by atoms with Crippen molar-refractivity contribution in [2.45, 2.75) is 31.2 Å². The molecule has 2 aromatic rings. The summed E-state index contributed by atoms with van der Waals surface area (Å²) in [7, 11) is -4.02. The van der Waals surface area contributed by atoms with Gasteiger partial charge in [0.2, 0.25) is 15.9 Å². The average molecular weight is 395 g/mol. The summed E-state index contributed by atoms with van der Waals surface area (Å²) in [5.41, 5.74) is 0.581. The maximum absolute atomic E-state index is 13.0. The molecule has 2 rings (SSSR count). The number of nitrogens with zero attached hydrogens (tertiary/aromatic N) is 1. The monoisotopic (exact) mass is 395 g/mol. The second-order valence-corrected chi connectivity index (χ2v) is 7.50. The van der Waals surface area contributed by atoms with Crippen LogP contribution in [-0.2, 0) is 14.8 Å². The summed E-state index contributed by atoms with van der Waals surface area (Å²) in [5, 5.41) is 13.4. The van der Waals surface area contributed by atoms with Gasteiger partial charge in [-0.2, -0.15) is 4.72 Å². The van der Waals surface area contributed by atoms with Gasteiger partial charge in [0, 0.05) is 17.3 Å². The molecule has 0 aliphatic carbocycles.